The molecule has 1 aromatic heterocycles. The monoisotopic (exact) mass is 262 g/mol. The smallest absolute Gasteiger partial charge is 0.337 e. The molecule has 2 N–H and O–H groups in total. The predicted octanol–water partition coefficient (Wildman–Crippen LogP) is 3.05. The number of carbonyl (C=O) groups is 1. The zero-order valence-electron chi connectivity index (χ0n) is 9.43. The van der Waals surface area contributed by atoms with Gasteiger partial charge in [0.25, 0.3) is 0 Å². The zero-order valence-corrected chi connectivity index (χ0v) is 10.2. The summed E-state index contributed by atoms with van der Waals surface area (Å²) in [5.74, 6) is -0.358. The van der Waals surface area contributed by atoms with E-state index in [2.05, 4.69) is 10.3 Å². The number of aromatic carboxylic acids is 1. The van der Waals surface area contributed by atoms with E-state index in [0.717, 1.165) is 5.56 Å². The minimum Gasteiger partial charge on any atom is -0.478 e. The zero-order chi connectivity index (χ0) is 13.0. The number of aromatic nitrogens is 1. The number of nitrogens with one attached hydrogen (secondary N) is 1. The molecule has 0 saturated carbocycles. The van der Waals surface area contributed by atoms with Gasteiger partial charge in [-0.3, -0.25) is 0 Å². The van der Waals surface area contributed by atoms with E-state index < -0.39 is 5.97 Å². The van der Waals surface area contributed by atoms with E-state index in [4.69, 9.17) is 16.7 Å². The number of carboxylic acids is 1. The van der Waals surface area contributed by atoms with Crippen molar-refractivity contribution in [3.63, 3.8) is 0 Å². The van der Waals surface area contributed by atoms with E-state index in [1.54, 1.807) is 6.07 Å². The molecule has 0 saturated heterocycles. The molecule has 2 rings (SSSR count). The number of nitrogens with zero attached hydrogens (tertiary/aromatic N) is 1. The number of benzene rings is 1. The average molecular weight is 263 g/mol. The van der Waals surface area contributed by atoms with E-state index >= 15 is 0 Å². The molecule has 0 aliphatic heterocycles. The van der Waals surface area contributed by atoms with Crippen LogP contribution in [0.3, 0.4) is 0 Å². The number of pyridine rings is 1. The second kappa shape index (κ2) is 5.51. The summed E-state index contributed by atoms with van der Waals surface area (Å²) < 4.78 is 0. The molecular weight excluding hydrogens is 252 g/mol. The number of hydrogen-bond acceptors (Lipinski definition) is 3. The molecule has 0 aliphatic rings. The summed E-state index contributed by atoms with van der Waals surface area (Å²) in [6, 6.07) is 10.6. The summed E-state index contributed by atoms with van der Waals surface area (Å²) >= 11 is 5.87. The van der Waals surface area contributed by atoms with Gasteiger partial charge in [0.1, 0.15) is 5.82 Å². The molecule has 92 valence electrons. The fraction of sp³-hybridized carbons (Fsp3) is 0.0769. The minimum atomic E-state index is -0.983. The van der Waals surface area contributed by atoms with Crippen LogP contribution in [0.15, 0.2) is 42.6 Å². The topological polar surface area (TPSA) is 62.2 Å². The van der Waals surface area contributed by atoms with Crippen molar-refractivity contribution in [1.29, 1.82) is 0 Å². The number of rotatable bonds is 4. The lowest BCUT2D eigenvalue weighted by atomic mass is 10.2. The molecule has 18 heavy (non-hydrogen) atoms. The molecule has 0 radical (unpaired) electrons. The van der Waals surface area contributed by atoms with Crippen molar-refractivity contribution in [2.75, 3.05) is 5.32 Å². The first-order valence-electron chi connectivity index (χ1n) is 5.33. The number of carboxylic acid groups (broad SMARTS) is 1. The van der Waals surface area contributed by atoms with Gasteiger partial charge in [0.05, 0.1) is 5.56 Å². The maximum Gasteiger partial charge on any atom is 0.337 e. The van der Waals surface area contributed by atoms with Crippen LogP contribution in [0.4, 0.5) is 5.82 Å². The Hall–Kier alpha value is -2.07. The van der Waals surface area contributed by atoms with Crippen LogP contribution in [0.2, 0.25) is 5.02 Å². The first-order valence-corrected chi connectivity index (χ1v) is 5.70. The standard InChI is InChI=1S/C13H11ClN2O2/c14-11-3-1-2-9(6-11)7-15-12-5-4-10(8-16-12)13(17)18/h1-6,8H,7H2,(H,15,16)(H,17,18). The second-order valence-corrected chi connectivity index (χ2v) is 4.16. The van der Waals surface area contributed by atoms with E-state index in [-0.39, 0.29) is 5.56 Å². The van der Waals surface area contributed by atoms with Crippen LogP contribution in [-0.4, -0.2) is 16.1 Å². The Morgan fingerprint density at radius 3 is 2.78 bits per heavy atom. The lowest BCUT2D eigenvalue weighted by Crippen LogP contribution is -2.03. The van der Waals surface area contributed by atoms with E-state index in [0.29, 0.717) is 17.4 Å². The van der Waals surface area contributed by atoms with E-state index in [9.17, 15) is 4.79 Å². The molecule has 0 spiro atoms. The summed E-state index contributed by atoms with van der Waals surface area (Å²) in [6.45, 7) is 0.583. The lowest BCUT2D eigenvalue weighted by Gasteiger charge is -2.06. The molecule has 0 atom stereocenters. The van der Waals surface area contributed by atoms with Gasteiger partial charge < -0.3 is 10.4 Å². The predicted molar refractivity (Wildman–Crippen MR) is 70.0 cm³/mol. The van der Waals surface area contributed by atoms with Gasteiger partial charge in [0, 0.05) is 17.8 Å². The van der Waals surface area contributed by atoms with Gasteiger partial charge in [-0.05, 0) is 29.8 Å². The van der Waals surface area contributed by atoms with Crippen molar-refractivity contribution in [3.8, 4) is 0 Å². The third kappa shape index (κ3) is 3.21. The molecule has 1 heterocycles. The van der Waals surface area contributed by atoms with Crippen LogP contribution in [0.1, 0.15) is 15.9 Å². The fourth-order valence-corrected chi connectivity index (χ4v) is 1.68. The Balaban J connectivity index is 2.00. The summed E-state index contributed by atoms with van der Waals surface area (Å²) in [7, 11) is 0. The molecule has 0 unspecified atom stereocenters. The number of anilines is 1. The highest BCUT2D eigenvalue weighted by atomic mass is 35.5. The van der Waals surface area contributed by atoms with Crippen molar-refractivity contribution >= 4 is 23.4 Å². The Kier molecular flexibility index (Phi) is 3.79. The molecule has 1 aromatic carbocycles. The van der Waals surface area contributed by atoms with Gasteiger partial charge >= 0.3 is 5.97 Å². The number of hydrogen-bond donors (Lipinski definition) is 2. The Bertz CT molecular complexity index is 555. The summed E-state index contributed by atoms with van der Waals surface area (Å²) in [6.07, 6.45) is 1.32. The molecule has 0 amide bonds. The second-order valence-electron chi connectivity index (χ2n) is 3.72. The maximum absolute atomic E-state index is 10.7. The highest BCUT2D eigenvalue weighted by Gasteiger charge is 2.02. The quantitative estimate of drug-likeness (QED) is 0.889. The SMILES string of the molecule is O=C(O)c1ccc(NCc2cccc(Cl)c2)nc1. The van der Waals surface area contributed by atoms with Gasteiger partial charge in [-0.2, -0.15) is 0 Å². The average Bonchev–Trinajstić information content (AvgIpc) is 2.37. The van der Waals surface area contributed by atoms with Gasteiger partial charge in [0.2, 0.25) is 0 Å². The highest BCUT2D eigenvalue weighted by Crippen LogP contribution is 2.12. The Labute approximate surface area is 109 Å². The minimum absolute atomic E-state index is 0.170. The first kappa shape index (κ1) is 12.4. The van der Waals surface area contributed by atoms with Crippen molar-refractivity contribution in [2.24, 2.45) is 0 Å². The molecule has 0 fully saturated rings. The van der Waals surface area contributed by atoms with Crippen LogP contribution in [0.5, 0.6) is 0 Å². The molecule has 4 nitrogen and oxygen atoms in total. The van der Waals surface area contributed by atoms with Crippen LogP contribution < -0.4 is 5.32 Å². The lowest BCUT2D eigenvalue weighted by molar-refractivity contribution is 0.0696. The van der Waals surface area contributed by atoms with Gasteiger partial charge in [-0.25, -0.2) is 9.78 Å². The van der Waals surface area contributed by atoms with E-state index in [1.165, 1.54) is 12.3 Å². The molecule has 0 aliphatic carbocycles. The normalized spacial score (nSPS) is 10.1. The van der Waals surface area contributed by atoms with Crippen LogP contribution >= 0.6 is 11.6 Å². The third-order valence-electron chi connectivity index (χ3n) is 2.37. The molecular formula is C13H11ClN2O2. The van der Waals surface area contributed by atoms with Gasteiger partial charge in [-0.15, -0.1) is 0 Å². The molecule has 0 bridgehead atoms. The molecule has 2 aromatic rings. The van der Waals surface area contributed by atoms with Gasteiger partial charge in [-0.1, -0.05) is 23.7 Å². The third-order valence-corrected chi connectivity index (χ3v) is 2.61. The Morgan fingerprint density at radius 1 is 1.33 bits per heavy atom. The summed E-state index contributed by atoms with van der Waals surface area (Å²) in [4.78, 5) is 14.7. The van der Waals surface area contributed by atoms with Crippen molar-refractivity contribution in [1.82, 2.24) is 4.98 Å². The largest absolute Gasteiger partial charge is 0.478 e. The van der Waals surface area contributed by atoms with Gasteiger partial charge in [0.15, 0.2) is 0 Å². The highest BCUT2D eigenvalue weighted by molar-refractivity contribution is 6.30. The summed E-state index contributed by atoms with van der Waals surface area (Å²) in [5, 5.41) is 12.5. The van der Waals surface area contributed by atoms with Crippen LogP contribution in [0, 0.1) is 0 Å². The first-order chi connectivity index (χ1) is 8.65. The van der Waals surface area contributed by atoms with Crippen LogP contribution in [-0.2, 0) is 6.54 Å². The summed E-state index contributed by atoms with van der Waals surface area (Å²) in [5.41, 5.74) is 1.20. The maximum atomic E-state index is 10.7. The van der Waals surface area contributed by atoms with E-state index in [1.807, 2.05) is 24.3 Å². The van der Waals surface area contributed by atoms with Crippen molar-refractivity contribution in [2.45, 2.75) is 6.54 Å². The molecule has 5 heteroatoms. The van der Waals surface area contributed by atoms with Crippen molar-refractivity contribution < 1.29 is 9.90 Å². The number of halogens is 1. The Morgan fingerprint density at radius 2 is 2.17 bits per heavy atom. The van der Waals surface area contributed by atoms with Crippen LogP contribution in [0.25, 0.3) is 0 Å². The fourth-order valence-electron chi connectivity index (χ4n) is 1.46. The van der Waals surface area contributed by atoms with Crippen molar-refractivity contribution in [3.05, 3.63) is 58.7 Å².